The number of hydrogen-bond acceptors (Lipinski definition) is 2. The zero-order chi connectivity index (χ0) is 12.4. The van der Waals surface area contributed by atoms with Crippen LogP contribution in [0, 0.1) is 0 Å². The molecular formula is C12H28Cl2N2O2. The van der Waals surface area contributed by atoms with Crippen LogP contribution < -0.4 is 24.8 Å². The van der Waals surface area contributed by atoms with Crippen LogP contribution in [-0.4, -0.2) is 89.8 Å². The van der Waals surface area contributed by atoms with Crippen molar-refractivity contribution in [2.24, 2.45) is 0 Å². The first kappa shape index (κ1) is 20.7. The number of halogens is 2. The molecule has 0 aromatic heterocycles. The third kappa shape index (κ3) is 11.5. The summed E-state index contributed by atoms with van der Waals surface area (Å²) in [7, 11) is 13.2. The van der Waals surface area contributed by atoms with E-state index in [9.17, 15) is 0 Å². The molecular weight excluding hydrogens is 275 g/mol. The summed E-state index contributed by atoms with van der Waals surface area (Å²) in [6.07, 6.45) is 0.673. The average Bonchev–Trinajstić information content (AvgIpc) is 2.76. The first-order chi connectivity index (χ1) is 7.16. The largest absolute Gasteiger partial charge is 1.00 e. The number of hydrogen-bond donors (Lipinski definition) is 0. The zero-order valence-electron chi connectivity index (χ0n) is 12.4. The van der Waals surface area contributed by atoms with E-state index in [1.165, 1.54) is 0 Å². The van der Waals surface area contributed by atoms with Crippen molar-refractivity contribution in [1.29, 1.82) is 0 Å². The van der Waals surface area contributed by atoms with Gasteiger partial charge in [0.05, 0.1) is 55.5 Å². The molecule has 0 saturated carbocycles. The summed E-state index contributed by atoms with van der Waals surface area (Å²) < 4.78 is 13.0. The highest BCUT2D eigenvalue weighted by molar-refractivity contribution is 4.69. The van der Waals surface area contributed by atoms with Crippen LogP contribution in [0.15, 0.2) is 0 Å². The van der Waals surface area contributed by atoms with E-state index in [0.717, 1.165) is 35.3 Å². The molecule has 0 aromatic carbocycles. The fourth-order valence-corrected chi connectivity index (χ4v) is 1.79. The van der Waals surface area contributed by atoms with E-state index in [2.05, 4.69) is 42.3 Å². The number of nitrogens with zero attached hydrogens (tertiary/aromatic N) is 2. The van der Waals surface area contributed by atoms with Gasteiger partial charge in [0, 0.05) is 0 Å². The van der Waals surface area contributed by atoms with E-state index < -0.39 is 0 Å². The quantitative estimate of drug-likeness (QED) is 0.345. The van der Waals surface area contributed by atoms with Crippen LogP contribution in [0.2, 0.25) is 0 Å². The first-order valence-electron chi connectivity index (χ1n) is 6.00. The van der Waals surface area contributed by atoms with E-state index in [1.54, 1.807) is 0 Å². The molecule has 0 radical (unpaired) electrons. The van der Waals surface area contributed by atoms with Gasteiger partial charge in [0.25, 0.3) is 0 Å². The van der Waals surface area contributed by atoms with E-state index in [-0.39, 0.29) is 24.8 Å². The third-order valence-electron chi connectivity index (χ3n) is 2.42. The maximum absolute atomic E-state index is 5.96. The van der Waals surface area contributed by atoms with Crippen molar-refractivity contribution in [2.75, 3.05) is 68.6 Å². The lowest BCUT2D eigenvalue weighted by atomic mass is 10.2. The predicted molar refractivity (Wildman–Crippen MR) is 65.3 cm³/mol. The second-order valence-corrected chi connectivity index (χ2v) is 6.86. The molecule has 0 aliphatic carbocycles. The molecule has 6 heteroatoms. The van der Waals surface area contributed by atoms with Gasteiger partial charge in [0.1, 0.15) is 19.2 Å². The van der Waals surface area contributed by atoms with Gasteiger partial charge in [0.2, 0.25) is 0 Å². The monoisotopic (exact) mass is 302 g/mol. The van der Waals surface area contributed by atoms with Gasteiger partial charge in [-0.05, 0) is 0 Å². The minimum Gasteiger partial charge on any atom is -1.00 e. The number of rotatable bonds is 7. The fraction of sp³-hybridized carbons (Fsp3) is 1.00. The second-order valence-electron chi connectivity index (χ2n) is 6.86. The summed E-state index contributed by atoms with van der Waals surface area (Å²) in [5.41, 5.74) is 0. The fourth-order valence-electron chi connectivity index (χ4n) is 1.79. The highest BCUT2D eigenvalue weighted by atomic mass is 35.5. The lowest BCUT2D eigenvalue weighted by Crippen LogP contribution is -3.00. The van der Waals surface area contributed by atoms with Crippen molar-refractivity contribution in [2.45, 2.75) is 12.2 Å². The van der Waals surface area contributed by atoms with Crippen LogP contribution in [-0.2, 0) is 9.47 Å². The van der Waals surface area contributed by atoms with Gasteiger partial charge in [-0.2, -0.15) is 0 Å². The molecule has 0 amide bonds. The standard InChI is InChI=1S/C12H28N2O2.2ClH/c1-13(2,3)7-11(8-14(4,5)6)15-9-12-10-16-12;;/h11-12H,7-10H2,1-6H3;2*1H/q+2;;/p-2. The summed E-state index contributed by atoms with van der Waals surface area (Å²) in [5, 5.41) is 0. The molecule has 0 N–H and O–H groups in total. The second kappa shape index (κ2) is 7.88. The van der Waals surface area contributed by atoms with Gasteiger partial charge in [-0.25, -0.2) is 0 Å². The Morgan fingerprint density at radius 2 is 1.39 bits per heavy atom. The normalized spacial score (nSPS) is 19.2. The molecule has 0 bridgehead atoms. The summed E-state index contributed by atoms with van der Waals surface area (Å²) in [6, 6.07) is 0. The Bertz CT molecular complexity index is 207. The number of epoxide rings is 1. The molecule has 18 heavy (non-hydrogen) atoms. The van der Waals surface area contributed by atoms with Crippen LogP contribution in [0.25, 0.3) is 0 Å². The summed E-state index contributed by atoms with van der Waals surface area (Å²) in [6.45, 7) is 3.72. The number of quaternary nitrogens is 2. The van der Waals surface area contributed by atoms with E-state index in [4.69, 9.17) is 9.47 Å². The van der Waals surface area contributed by atoms with Gasteiger partial charge in [-0.1, -0.05) is 0 Å². The van der Waals surface area contributed by atoms with Gasteiger partial charge in [-0.3, -0.25) is 0 Å². The predicted octanol–water partition coefficient (Wildman–Crippen LogP) is -5.81. The topological polar surface area (TPSA) is 21.8 Å². The summed E-state index contributed by atoms with van der Waals surface area (Å²) in [5.74, 6) is 0. The molecule has 4 nitrogen and oxygen atoms in total. The Morgan fingerprint density at radius 1 is 1.00 bits per heavy atom. The van der Waals surface area contributed by atoms with Gasteiger partial charge >= 0.3 is 0 Å². The lowest BCUT2D eigenvalue weighted by Gasteiger charge is -2.33. The van der Waals surface area contributed by atoms with Gasteiger partial charge < -0.3 is 43.3 Å². The van der Waals surface area contributed by atoms with Crippen molar-refractivity contribution >= 4 is 0 Å². The zero-order valence-corrected chi connectivity index (χ0v) is 14.0. The Labute approximate surface area is 124 Å². The van der Waals surface area contributed by atoms with Crippen LogP contribution in [0.1, 0.15) is 0 Å². The molecule has 1 fully saturated rings. The van der Waals surface area contributed by atoms with Crippen LogP contribution in [0.5, 0.6) is 0 Å². The Morgan fingerprint density at radius 3 is 1.67 bits per heavy atom. The molecule has 1 atom stereocenters. The Hall–Kier alpha value is 0.420. The SMILES string of the molecule is C[N+](C)(C)CC(C[N+](C)(C)C)OCC1CO1.[Cl-].[Cl-]. The Balaban J connectivity index is 0. The first-order valence-corrected chi connectivity index (χ1v) is 6.00. The van der Waals surface area contributed by atoms with E-state index >= 15 is 0 Å². The minimum atomic E-state index is 0. The van der Waals surface area contributed by atoms with Crippen molar-refractivity contribution in [1.82, 2.24) is 0 Å². The molecule has 1 heterocycles. The number of ether oxygens (including phenoxy) is 2. The van der Waals surface area contributed by atoms with Gasteiger partial charge in [-0.15, -0.1) is 0 Å². The van der Waals surface area contributed by atoms with Gasteiger partial charge in [0.15, 0.2) is 6.10 Å². The highest BCUT2D eigenvalue weighted by Gasteiger charge is 2.29. The highest BCUT2D eigenvalue weighted by Crippen LogP contribution is 2.12. The van der Waals surface area contributed by atoms with E-state index in [1.807, 2.05) is 0 Å². The molecule has 1 saturated heterocycles. The molecule has 0 spiro atoms. The average molecular weight is 303 g/mol. The molecule has 1 aliphatic rings. The molecule has 1 aliphatic heterocycles. The van der Waals surface area contributed by atoms with E-state index in [0.29, 0.717) is 12.2 Å². The van der Waals surface area contributed by atoms with Crippen molar-refractivity contribution in [3.63, 3.8) is 0 Å². The Kier molecular flexibility index (Phi) is 9.07. The van der Waals surface area contributed by atoms with Crippen molar-refractivity contribution in [3.05, 3.63) is 0 Å². The summed E-state index contributed by atoms with van der Waals surface area (Å²) in [4.78, 5) is 0. The molecule has 0 aromatic rings. The van der Waals surface area contributed by atoms with Crippen LogP contribution in [0.3, 0.4) is 0 Å². The van der Waals surface area contributed by atoms with Crippen LogP contribution in [0.4, 0.5) is 0 Å². The summed E-state index contributed by atoms with van der Waals surface area (Å²) >= 11 is 0. The minimum absolute atomic E-state index is 0. The molecule has 1 unspecified atom stereocenters. The molecule has 112 valence electrons. The maximum Gasteiger partial charge on any atom is 0.155 e. The van der Waals surface area contributed by atoms with Crippen molar-refractivity contribution < 1.29 is 43.3 Å². The third-order valence-corrected chi connectivity index (χ3v) is 2.42. The number of likely N-dealkylation sites (N-methyl/N-ethyl adjacent to an activating group) is 2. The van der Waals surface area contributed by atoms with Crippen molar-refractivity contribution in [3.8, 4) is 0 Å². The lowest BCUT2D eigenvalue weighted by molar-refractivity contribution is -0.895. The van der Waals surface area contributed by atoms with Crippen LogP contribution >= 0.6 is 0 Å². The molecule has 1 rings (SSSR count). The smallest absolute Gasteiger partial charge is 0.155 e. The maximum atomic E-state index is 5.96.